The van der Waals surface area contributed by atoms with Gasteiger partial charge >= 0.3 is 0 Å². The summed E-state index contributed by atoms with van der Waals surface area (Å²) in [7, 11) is 0. The molecule has 1 aromatic carbocycles. The Bertz CT molecular complexity index is 571. The normalized spacial score (nSPS) is 29.1. The summed E-state index contributed by atoms with van der Waals surface area (Å²) in [4.78, 5) is 4.05. The van der Waals surface area contributed by atoms with Crippen molar-refractivity contribution in [2.45, 2.75) is 89.9 Å². The average Bonchev–Trinajstić information content (AvgIpc) is 2.69. The van der Waals surface area contributed by atoms with E-state index in [-0.39, 0.29) is 0 Å². The SMILES string of the molecule is CCCC1CCC(CCC2CCC(c3ccc(N=C=S)cc3)CC2)CC1. The Kier molecular flexibility index (Phi) is 7.89. The standard InChI is InChI=1S/C24H35NS/c1-2-3-19-4-6-20(7-5-19)8-9-21-10-12-22(13-11-21)23-14-16-24(17-15-23)25-18-26/h14-17,19-22H,2-13H2,1H3. The summed E-state index contributed by atoms with van der Waals surface area (Å²) in [5.74, 6) is 3.82. The van der Waals surface area contributed by atoms with Gasteiger partial charge in [0.2, 0.25) is 0 Å². The minimum absolute atomic E-state index is 0.751. The molecular weight excluding hydrogens is 334 g/mol. The zero-order valence-corrected chi connectivity index (χ0v) is 17.3. The molecule has 0 atom stereocenters. The summed E-state index contributed by atoms with van der Waals surface area (Å²) in [5, 5.41) is 2.45. The van der Waals surface area contributed by atoms with Crippen molar-refractivity contribution < 1.29 is 0 Å². The van der Waals surface area contributed by atoms with E-state index in [2.05, 4.69) is 53.6 Å². The summed E-state index contributed by atoms with van der Waals surface area (Å²) in [6, 6.07) is 8.64. The third kappa shape index (κ3) is 5.76. The first-order chi connectivity index (χ1) is 12.8. The lowest BCUT2D eigenvalue weighted by Crippen LogP contribution is -2.17. The molecule has 0 aromatic heterocycles. The third-order valence-corrected chi connectivity index (χ3v) is 7.12. The van der Waals surface area contributed by atoms with E-state index in [0.29, 0.717) is 0 Å². The molecule has 1 nitrogen and oxygen atoms in total. The maximum atomic E-state index is 4.68. The molecule has 2 heteroatoms. The van der Waals surface area contributed by atoms with Crippen LogP contribution < -0.4 is 0 Å². The lowest BCUT2D eigenvalue weighted by atomic mass is 9.74. The van der Waals surface area contributed by atoms with E-state index < -0.39 is 0 Å². The van der Waals surface area contributed by atoms with Crippen LogP contribution >= 0.6 is 12.2 Å². The van der Waals surface area contributed by atoms with E-state index in [4.69, 9.17) is 0 Å². The fourth-order valence-corrected chi connectivity index (χ4v) is 5.45. The summed E-state index contributed by atoms with van der Waals surface area (Å²) in [6.07, 6.45) is 17.4. The predicted octanol–water partition coefficient (Wildman–Crippen LogP) is 8.08. The van der Waals surface area contributed by atoms with E-state index in [1.54, 1.807) is 0 Å². The van der Waals surface area contributed by atoms with Gasteiger partial charge in [0.1, 0.15) is 0 Å². The van der Waals surface area contributed by atoms with Crippen molar-refractivity contribution in [1.82, 2.24) is 0 Å². The number of aliphatic imine (C=N–C) groups is 1. The van der Waals surface area contributed by atoms with Gasteiger partial charge in [-0.05, 0) is 79.3 Å². The first kappa shape index (κ1) is 19.8. The molecule has 0 amide bonds. The molecule has 0 N–H and O–H groups in total. The molecule has 2 saturated carbocycles. The molecular formula is C24H35NS. The maximum absolute atomic E-state index is 4.68. The van der Waals surface area contributed by atoms with Crippen LogP contribution in [0.25, 0.3) is 0 Å². The van der Waals surface area contributed by atoms with Gasteiger partial charge in [-0.2, -0.15) is 4.99 Å². The molecule has 2 aliphatic rings. The van der Waals surface area contributed by atoms with Gasteiger partial charge in [0.15, 0.2) is 0 Å². The van der Waals surface area contributed by atoms with Gasteiger partial charge in [-0.15, -0.1) is 0 Å². The Morgan fingerprint density at radius 2 is 1.31 bits per heavy atom. The van der Waals surface area contributed by atoms with Crippen molar-refractivity contribution >= 4 is 23.1 Å². The Hall–Kier alpha value is -0.980. The second-order valence-electron chi connectivity index (χ2n) is 8.77. The van der Waals surface area contributed by atoms with E-state index in [0.717, 1.165) is 29.4 Å². The third-order valence-electron chi connectivity index (χ3n) is 7.03. The number of isothiocyanates is 1. The topological polar surface area (TPSA) is 12.4 Å². The number of thiocarbonyl (C=S) groups is 1. The van der Waals surface area contributed by atoms with E-state index in [9.17, 15) is 0 Å². The minimum Gasteiger partial charge on any atom is -0.195 e. The predicted molar refractivity (Wildman–Crippen MR) is 115 cm³/mol. The van der Waals surface area contributed by atoms with E-state index in [1.807, 2.05) is 0 Å². The molecule has 0 heterocycles. The summed E-state index contributed by atoms with van der Waals surface area (Å²) < 4.78 is 0. The fraction of sp³-hybridized carbons (Fsp3) is 0.708. The Morgan fingerprint density at radius 1 is 0.808 bits per heavy atom. The van der Waals surface area contributed by atoms with Crippen LogP contribution in [-0.4, -0.2) is 5.16 Å². The van der Waals surface area contributed by atoms with Crippen LogP contribution in [0.3, 0.4) is 0 Å². The van der Waals surface area contributed by atoms with Crippen molar-refractivity contribution in [2.24, 2.45) is 22.7 Å². The smallest absolute Gasteiger partial charge is 0.0739 e. The molecule has 0 unspecified atom stereocenters. The number of benzene rings is 1. The average molecular weight is 370 g/mol. The summed E-state index contributed by atoms with van der Waals surface area (Å²) >= 11 is 4.68. The molecule has 1 aromatic rings. The molecule has 0 bridgehead atoms. The fourth-order valence-electron chi connectivity index (χ4n) is 5.35. The second kappa shape index (κ2) is 10.4. The van der Waals surface area contributed by atoms with Crippen LogP contribution in [0.2, 0.25) is 0 Å². The Morgan fingerprint density at radius 3 is 1.81 bits per heavy atom. The molecule has 0 aliphatic heterocycles. The Labute approximate surface area is 165 Å². The first-order valence-electron chi connectivity index (χ1n) is 11.0. The lowest BCUT2D eigenvalue weighted by molar-refractivity contribution is 0.224. The van der Waals surface area contributed by atoms with Gasteiger partial charge < -0.3 is 0 Å². The first-order valence-corrected chi connectivity index (χ1v) is 11.4. The lowest BCUT2D eigenvalue weighted by Gasteiger charge is -2.32. The van der Waals surface area contributed by atoms with Gasteiger partial charge in [-0.3, -0.25) is 0 Å². The maximum Gasteiger partial charge on any atom is 0.0739 e. The molecule has 26 heavy (non-hydrogen) atoms. The second-order valence-corrected chi connectivity index (χ2v) is 8.95. The molecule has 2 fully saturated rings. The molecule has 2 aliphatic carbocycles. The number of hydrogen-bond donors (Lipinski definition) is 0. The van der Waals surface area contributed by atoms with Crippen LogP contribution in [0, 0.1) is 17.8 Å². The highest BCUT2D eigenvalue weighted by molar-refractivity contribution is 7.78. The molecule has 0 spiro atoms. The van der Waals surface area contributed by atoms with Gasteiger partial charge in [0.25, 0.3) is 0 Å². The highest BCUT2D eigenvalue weighted by Gasteiger charge is 2.25. The van der Waals surface area contributed by atoms with Crippen LogP contribution in [0.4, 0.5) is 5.69 Å². The van der Waals surface area contributed by atoms with Gasteiger partial charge in [0, 0.05) is 0 Å². The molecule has 0 radical (unpaired) electrons. The van der Waals surface area contributed by atoms with Crippen LogP contribution in [0.15, 0.2) is 29.3 Å². The molecule has 142 valence electrons. The van der Waals surface area contributed by atoms with E-state index in [1.165, 1.54) is 82.6 Å². The zero-order chi connectivity index (χ0) is 18.2. The summed E-state index contributed by atoms with van der Waals surface area (Å²) in [5.41, 5.74) is 2.41. The zero-order valence-electron chi connectivity index (χ0n) is 16.5. The van der Waals surface area contributed by atoms with Crippen molar-refractivity contribution in [1.29, 1.82) is 0 Å². The van der Waals surface area contributed by atoms with Crippen LogP contribution in [0.5, 0.6) is 0 Å². The van der Waals surface area contributed by atoms with Crippen molar-refractivity contribution in [3.05, 3.63) is 29.8 Å². The largest absolute Gasteiger partial charge is 0.195 e. The monoisotopic (exact) mass is 369 g/mol. The van der Waals surface area contributed by atoms with Crippen LogP contribution in [-0.2, 0) is 0 Å². The van der Waals surface area contributed by atoms with Crippen molar-refractivity contribution in [3.8, 4) is 0 Å². The summed E-state index contributed by atoms with van der Waals surface area (Å²) in [6.45, 7) is 2.34. The quantitative estimate of drug-likeness (QED) is 0.349. The number of nitrogens with zero attached hydrogens (tertiary/aromatic N) is 1. The van der Waals surface area contributed by atoms with Crippen molar-refractivity contribution in [3.63, 3.8) is 0 Å². The van der Waals surface area contributed by atoms with Crippen LogP contribution in [0.1, 0.15) is 95.5 Å². The number of rotatable bonds is 7. The van der Waals surface area contributed by atoms with Gasteiger partial charge in [0.05, 0.1) is 10.8 Å². The minimum atomic E-state index is 0.751. The molecule has 3 rings (SSSR count). The highest BCUT2D eigenvalue weighted by atomic mass is 32.1. The molecule has 0 saturated heterocycles. The Balaban J connectivity index is 1.37. The van der Waals surface area contributed by atoms with Gasteiger partial charge in [-0.25, -0.2) is 0 Å². The number of hydrogen-bond acceptors (Lipinski definition) is 2. The van der Waals surface area contributed by atoms with Crippen molar-refractivity contribution in [2.75, 3.05) is 0 Å². The highest BCUT2D eigenvalue weighted by Crippen LogP contribution is 2.40. The van der Waals surface area contributed by atoms with Gasteiger partial charge in [-0.1, -0.05) is 70.4 Å². The van der Waals surface area contributed by atoms with E-state index >= 15 is 0 Å².